The quantitative estimate of drug-likeness (QED) is 0.848. The van der Waals surface area contributed by atoms with Crippen LogP contribution in [0.4, 0.5) is 14.6 Å². The highest BCUT2D eigenvalue weighted by Gasteiger charge is 2.28. The smallest absolute Gasteiger partial charge is 0.264 e. The first kappa shape index (κ1) is 11.8. The molecule has 0 bridgehead atoms. The fourth-order valence-electron chi connectivity index (χ4n) is 1.66. The van der Waals surface area contributed by atoms with Crippen LogP contribution >= 0.6 is 15.9 Å². The average Bonchev–Trinajstić information content (AvgIpc) is 2.99. The molecule has 0 spiro atoms. The standard InChI is InChI=1S/C11H13BrF2N2/c1-6(7-2-3-7)15-10-5-8(11(13)14)4-9(12)16-10/h4-7,11H,2-3H2,1H3,(H,15,16)/t6-/m1/s1. The van der Waals surface area contributed by atoms with Crippen molar-refractivity contribution in [2.75, 3.05) is 5.32 Å². The Kier molecular flexibility index (Phi) is 3.42. The van der Waals surface area contributed by atoms with Crippen LogP contribution < -0.4 is 5.32 Å². The SMILES string of the molecule is C[C@@H](Nc1cc(C(F)F)cc(Br)n1)C1CC1. The van der Waals surface area contributed by atoms with Gasteiger partial charge in [-0.25, -0.2) is 13.8 Å². The van der Waals surface area contributed by atoms with Crippen LogP contribution in [0.5, 0.6) is 0 Å². The zero-order chi connectivity index (χ0) is 11.7. The summed E-state index contributed by atoms with van der Waals surface area (Å²) in [6, 6.07) is 3.05. The summed E-state index contributed by atoms with van der Waals surface area (Å²) < 4.78 is 25.6. The molecule has 88 valence electrons. The van der Waals surface area contributed by atoms with E-state index in [4.69, 9.17) is 0 Å². The van der Waals surface area contributed by atoms with E-state index in [-0.39, 0.29) is 5.56 Å². The molecule has 1 heterocycles. The molecule has 1 aromatic rings. The number of aromatic nitrogens is 1. The van der Waals surface area contributed by atoms with E-state index in [0.29, 0.717) is 22.4 Å². The summed E-state index contributed by atoms with van der Waals surface area (Å²) in [5.74, 6) is 1.18. The van der Waals surface area contributed by atoms with Crippen LogP contribution in [0.3, 0.4) is 0 Å². The van der Waals surface area contributed by atoms with Gasteiger partial charge in [-0.05, 0) is 53.7 Å². The molecule has 2 rings (SSSR count). The Morgan fingerprint density at radius 2 is 2.12 bits per heavy atom. The molecule has 0 unspecified atom stereocenters. The predicted molar refractivity (Wildman–Crippen MR) is 62.7 cm³/mol. The molecular weight excluding hydrogens is 278 g/mol. The molecule has 0 aliphatic heterocycles. The molecule has 1 fully saturated rings. The summed E-state index contributed by atoms with van der Waals surface area (Å²) in [5.41, 5.74) is -0.00706. The van der Waals surface area contributed by atoms with E-state index in [1.807, 2.05) is 0 Å². The second-order valence-corrected chi connectivity index (χ2v) is 4.99. The number of nitrogens with one attached hydrogen (secondary N) is 1. The fraction of sp³-hybridized carbons (Fsp3) is 0.545. The normalized spacial score (nSPS) is 17.6. The second kappa shape index (κ2) is 4.65. The van der Waals surface area contributed by atoms with E-state index in [2.05, 4.69) is 33.2 Å². The summed E-state index contributed by atoms with van der Waals surface area (Å²) >= 11 is 3.14. The Morgan fingerprint density at radius 1 is 1.44 bits per heavy atom. The Bertz CT molecular complexity index is 380. The van der Waals surface area contributed by atoms with Gasteiger partial charge in [-0.1, -0.05) is 0 Å². The number of halogens is 3. The van der Waals surface area contributed by atoms with Crippen LogP contribution in [0.15, 0.2) is 16.7 Å². The van der Waals surface area contributed by atoms with Crippen LogP contribution in [0.2, 0.25) is 0 Å². The van der Waals surface area contributed by atoms with Crippen LogP contribution in [-0.4, -0.2) is 11.0 Å². The van der Waals surface area contributed by atoms with Crippen LogP contribution in [-0.2, 0) is 0 Å². The van der Waals surface area contributed by atoms with E-state index in [1.54, 1.807) is 0 Å². The molecule has 0 saturated heterocycles. The molecule has 1 atom stereocenters. The summed E-state index contributed by atoms with van der Waals surface area (Å²) in [6.45, 7) is 2.06. The molecule has 0 radical (unpaired) electrons. The lowest BCUT2D eigenvalue weighted by atomic mass is 10.2. The van der Waals surface area contributed by atoms with Crippen molar-refractivity contribution in [3.8, 4) is 0 Å². The maximum absolute atomic E-state index is 12.6. The second-order valence-electron chi connectivity index (χ2n) is 4.18. The van der Waals surface area contributed by atoms with Crippen LogP contribution in [0.1, 0.15) is 31.8 Å². The molecule has 0 aromatic carbocycles. The van der Waals surface area contributed by atoms with Gasteiger partial charge in [-0.15, -0.1) is 0 Å². The third kappa shape index (κ3) is 2.90. The van der Waals surface area contributed by atoms with Crippen molar-refractivity contribution in [1.29, 1.82) is 0 Å². The van der Waals surface area contributed by atoms with E-state index >= 15 is 0 Å². The Balaban J connectivity index is 2.13. The highest BCUT2D eigenvalue weighted by atomic mass is 79.9. The molecule has 1 aliphatic carbocycles. The predicted octanol–water partition coefficient (Wildman–Crippen LogP) is 3.99. The molecule has 1 N–H and O–H groups in total. The van der Waals surface area contributed by atoms with Gasteiger partial charge in [0.05, 0.1) is 0 Å². The first-order valence-electron chi connectivity index (χ1n) is 5.28. The van der Waals surface area contributed by atoms with Crippen molar-refractivity contribution in [2.45, 2.75) is 32.2 Å². The van der Waals surface area contributed by atoms with Gasteiger partial charge < -0.3 is 5.32 Å². The maximum atomic E-state index is 12.6. The number of rotatable bonds is 4. The van der Waals surface area contributed by atoms with Crippen molar-refractivity contribution >= 4 is 21.7 Å². The van der Waals surface area contributed by atoms with E-state index in [1.165, 1.54) is 25.0 Å². The van der Waals surface area contributed by atoms with Gasteiger partial charge in [0.1, 0.15) is 10.4 Å². The van der Waals surface area contributed by atoms with Gasteiger partial charge in [-0.2, -0.15) is 0 Å². The molecule has 16 heavy (non-hydrogen) atoms. The van der Waals surface area contributed by atoms with Crippen molar-refractivity contribution in [2.24, 2.45) is 5.92 Å². The Labute approximate surface area is 102 Å². The zero-order valence-electron chi connectivity index (χ0n) is 8.88. The van der Waals surface area contributed by atoms with Gasteiger partial charge >= 0.3 is 0 Å². The number of hydrogen-bond acceptors (Lipinski definition) is 2. The average molecular weight is 291 g/mol. The third-order valence-electron chi connectivity index (χ3n) is 2.77. The first-order chi connectivity index (χ1) is 7.56. The maximum Gasteiger partial charge on any atom is 0.264 e. The summed E-state index contributed by atoms with van der Waals surface area (Å²) in [5, 5.41) is 3.17. The van der Waals surface area contributed by atoms with Gasteiger partial charge in [0.15, 0.2) is 0 Å². The lowest BCUT2D eigenvalue weighted by Crippen LogP contribution is -2.18. The molecule has 1 aliphatic rings. The number of hydrogen-bond donors (Lipinski definition) is 1. The number of anilines is 1. The molecule has 0 amide bonds. The van der Waals surface area contributed by atoms with Gasteiger partial charge in [0.2, 0.25) is 0 Å². The van der Waals surface area contributed by atoms with Gasteiger partial charge in [0, 0.05) is 11.6 Å². The van der Waals surface area contributed by atoms with Crippen molar-refractivity contribution in [3.05, 3.63) is 22.3 Å². The van der Waals surface area contributed by atoms with Crippen LogP contribution in [0.25, 0.3) is 0 Å². The van der Waals surface area contributed by atoms with E-state index in [0.717, 1.165) is 0 Å². The van der Waals surface area contributed by atoms with Crippen molar-refractivity contribution < 1.29 is 8.78 Å². The highest BCUT2D eigenvalue weighted by Crippen LogP contribution is 2.34. The Hall–Kier alpha value is -0.710. The third-order valence-corrected chi connectivity index (χ3v) is 3.18. The van der Waals surface area contributed by atoms with E-state index in [9.17, 15) is 8.78 Å². The lowest BCUT2D eigenvalue weighted by molar-refractivity contribution is 0.151. The number of pyridine rings is 1. The lowest BCUT2D eigenvalue weighted by Gasteiger charge is -2.14. The van der Waals surface area contributed by atoms with Gasteiger partial charge in [0.25, 0.3) is 6.43 Å². The Morgan fingerprint density at radius 3 is 2.69 bits per heavy atom. The zero-order valence-corrected chi connectivity index (χ0v) is 10.5. The van der Waals surface area contributed by atoms with Gasteiger partial charge in [-0.3, -0.25) is 0 Å². The summed E-state index contributed by atoms with van der Waals surface area (Å²) in [4.78, 5) is 4.14. The molecule has 1 aromatic heterocycles. The minimum atomic E-state index is -2.46. The van der Waals surface area contributed by atoms with E-state index < -0.39 is 6.43 Å². The van der Waals surface area contributed by atoms with Crippen molar-refractivity contribution in [1.82, 2.24) is 4.98 Å². The molecule has 1 saturated carbocycles. The van der Waals surface area contributed by atoms with Crippen molar-refractivity contribution in [3.63, 3.8) is 0 Å². The van der Waals surface area contributed by atoms with Crippen LogP contribution in [0, 0.1) is 5.92 Å². The summed E-state index contributed by atoms with van der Waals surface area (Å²) in [7, 11) is 0. The first-order valence-corrected chi connectivity index (χ1v) is 6.07. The number of nitrogens with zero attached hydrogens (tertiary/aromatic N) is 1. The monoisotopic (exact) mass is 290 g/mol. The molecule has 5 heteroatoms. The number of alkyl halides is 2. The largest absolute Gasteiger partial charge is 0.367 e. The molecule has 2 nitrogen and oxygen atoms in total. The summed E-state index contributed by atoms with van der Waals surface area (Å²) in [6.07, 6.45) is -0.0376. The highest BCUT2D eigenvalue weighted by molar-refractivity contribution is 9.10. The topological polar surface area (TPSA) is 24.9 Å². The minimum Gasteiger partial charge on any atom is -0.367 e. The fourth-order valence-corrected chi connectivity index (χ4v) is 2.12. The molecular formula is C11H13BrF2N2. The minimum absolute atomic E-state index is 0.00706.